The van der Waals surface area contributed by atoms with Gasteiger partial charge in [-0.2, -0.15) is 0 Å². The van der Waals surface area contributed by atoms with Crippen LogP contribution in [0, 0.1) is 5.92 Å². The van der Waals surface area contributed by atoms with Gasteiger partial charge in [0, 0.05) is 6.04 Å². The monoisotopic (exact) mass is 273 g/mol. The first-order chi connectivity index (χ1) is 8.54. The average molecular weight is 273 g/mol. The summed E-state index contributed by atoms with van der Waals surface area (Å²) in [6.07, 6.45) is 7.30. The molecule has 2 rings (SSSR count). The molecule has 0 amide bonds. The van der Waals surface area contributed by atoms with Crippen LogP contribution in [0.3, 0.4) is 0 Å². The van der Waals surface area contributed by atoms with E-state index in [1.54, 1.807) is 0 Å². The summed E-state index contributed by atoms with van der Waals surface area (Å²) < 4.78 is 31.9. The van der Waals surface area contributed by atoms with Crippen molar-refractivity contribution in [3.8, 4) is 0 Å². The van der Waals surface area contributed by atoms with Gasteiger partial charge < -0.3 is 4.74 Å². The topological polar surface area (TPSA) is 72.5 Å². The molecule has 1 fully saturated rings. The van der Waals surface area contributed by atoms with Crippen LogP contribution in [-0.4, -0.2) is 32.8 Å². The molecule has 2 aliphatic rings. The van der Waals surface area contributed by atoms with E-state index >= 15 is 0 Å². The van der Waals surface area contributed by atoms with E-state index in [9.17, 15) is 13.2 Å². The average Bonchev–Trinajstić information content (AvgIpc) is 2.97. The van der Waals surface area contributed by atoms with Crippen molar-refractivity contribution in [2.24, 2.45) is 5.92 Å². The maximum atomic E-state index is 12.3. The Labute approximate surface area is 108 Å². The molecule has 2 aliphatic carbocycles. The van der Waals surface area contributed by atoms with Crippen molar-refractivity contribution in [3.05, 3.63) is 12.2 Å². The Morgan fingerprint density at radius 3 is 2.56 bits per heavy atom. The maximum absolute atomic E-state index is 12.3. The van der Waals surface area contributed by atoms with E-state index < -0.39 is 27.2 Å². The molecule has 1 saturated carbocycles. The van der Waals surface area contributed by atoms with E-state index in [0.29, 0.717) is 12.8 Å². The zero-order valence-electron chi connectivity index (χ0n) is 10.5. The van der Waals surface area contributed by atoms with Crippen LogP contribution >= 0.6 is 0 Å². The van der Waals surface area contributed by atoms with E-state index in [1.807, 2.05) is 12.2 Å². The predicted molar refractivity (Wildman–Crippen MR) is 67.4 cm³/mol. The van der Waals surface area contributed by atoms with Crippen LogP contribution in [0.4, 0.5) is 0 Å². The Balaban J connectivity index is 2.06. The molecule has 0 heterocycles. The minimum atomic E-state index is -3.44. The molecule has 2 unspecified atom stereocenters. The van der Waals surface area contributed by atoms with Gasteiger partial charge in [0.05, 0.1) is 18.3 Å². The third-order valence-electron chi connectivity index (χ3n) is 3.69. The summed E-state index contributed by atoms with van der Waals surface area (Å²) in [7, 11) is -2.13. The van der Waals surface area contributed by atoms with Gasteiger partial charge in [0.25, 0.3) is 0 Å². The fourth-order valence-corrected chi connectivity index (χ4v) is 4.74. The molecule has 1 N–H and O–H groups in total. The van der Waals surface area contributed by atoms with E-state index in [4.69, 9.17) is 0 Å². The molecule has 18 heavy (non-hydrogen) atoms. The Bertz CT molecular complexity index is 435. The maximum Gasteiger partial charge on any atom is 0.310 e. The Morgan fingerprint density at radius 1 is 1.28 bits per heavy atom. The second-order valence-corrected chi connectivity index (χ2v) is 6.83. The highest BCUT2D eigenvalue weighted by atomic mass is 32.2. The number of esters is 1. The van der Waals surface area contributed by atoms with Gasteiger partial charge in [-0.05, 0) is 25.7 Å². The van der Waals surface area contributed by atoms with E-state index in [0.717, 1.165) is 19.3 Å². The molecule has 0 aliphatic heterocycles. The van der Waals surface area contributed by atoms with Crippen LogP contribution in [0.25, 0.3) is 0 Å². The van der Waals surface area contributed by atoms with Crippen LogP contribution in [0.5, 0.6) is 0 Å². The number of hydrogen-bond donors (Lipinski definition) is 1. The van der Waals surface area contributed by atoms with E-state index in [-0.39, 0.29) is 6.04 Å². The number of carbonyl (C=O) groups excluding carboxylic acids is 1. The summed E-state index contributed by atoms with van der Waals surface area (Å²) in [5.41, 5.74) is 0. The zero-order chi connectivity index (χ0) is 13.2. The van der Waals surface area contributed by atoms with E-state index in [2.05, 4.69) is 9.46 Å². The molecule has 0 aromatic heterocycles. The summed E-state index contributed by atoms with van der Waals surface area (Å²) in [5.74, 6) is -0.922. The summed E-state index contributed by atoms with van der Waals surface area (Å²) in [6, 6.07) is -0.0473. The molecule has 0 radical (unpaired) electrons. The molecule has 0 aromatic carbocycles. The minimum Gasteiger partial charge on any atom is -0.469 e. The molecule has 102 valence electrons. The molecule has 0 spiro atoms. The van der Waals surface area contributed by atoms with Crippen molar-refractivity contribution < 1.29 is 17.9 Å². The smallest absolute Gasteiger partial charge is 0.310 e. The lowest BCUT2D eigenvalue weighted by molar-refractivity contribution is -0.145. The molecule has 0 bridgehead atoms. The van der Waals surface area contributed by atoms with Gasteiger partial charge in [0.2, 0.25) is 10.0 Å². The number of hydrogen-bond acceptors (Lipinski definition) is 4. The van der Waals surface area contributed by atoms with Crippen LogP contribution in [0.1, 0.15) is 32.1 Å². The van der Waals surface area contributed by atoms with Crippen molar-refractivity contribution in [2.45, 2.75) is 43.4 Å². The van der Waals surface area contributed by atoms with Gasteiger partial charge in [-0.25, -0.2) is 13.1 Å². The standard InChI is InChI=1S/C12H19NO4S/c1-17-12(14)10-7-4-8-11(10)18(15,16)13-9-5-2-3-6-9/h2-3,9-11,13H,4-8H2,1H3. The fraction of sp³-hybridized carbons (Fsp3) is 0.750. The quantitative estimate of drug-likeness (QED) is 0.612. The van der Waals surface area contributed by atoms with Crippen LogP contribution < -0.4 is 4.72 Å². The lowest BCUT2D eigenvalue weighted by atomic mass is 10.1. The zero-order valence-corrected chi connectivity index (χ0v) is 11.3. The van der Waals surface area contributed by atoms with Crippen molar-refractivity contribution >= 4 is 16.0 Å². The molecular formula is C12H19NO4S. The third-order valence-corrected chi connectivity index (χ3v) is 5.72. The number of sulfonamides is 1. The predicted octanol–water partition coefficient (Wildman–Crippen LogP) is 0.966. The highest BCUT2D eigenvalue weighted by Gasteiger charge is 2.42. The second kappa shape index (κ2) is 5.40. The highest BCUT2D eigenvalue weighted by Crippen LogP contribution is 2.32. The Kier molecular flexibility index (Phi) is 4.07. The summed E-state index contributed by atoms with van der Waals surface area (Å²) in [4.78, 5) is 11.6. The number of carbonyl (C=O) groups is 1. The molecule has 0 saturated heterocycles. The fourth-order valence-electron chi connectivity index (χ4n) is 2.75. The molecule has 5 nitrogen and oxygen atoms in total. The van der Waals surface area contributed by atoms with Crippen LogP contribution in [0.2, 0.25) is 0 Å². The number of ether oxygens (including phenoxy) is 1. The normalized spacial score (nSPS) is 28.7. The van der Waals surface area contributed by atoms with Crippen molar-refractivity contribution in [2.75, 3.05) is 7.11 Å². The second-order valence-electron chi connectivity index (χ2n) is 4.90. The molecular weight excluding hydrogens is 254 g/mol. The van der Waals surface area contributed by atoms with Crippen LogP contribution in [0.15, 0.2) is 12.2 Å². The largest absolute Gasteiger partial charge is 0.469 e. The van der Waals surface area contributed by atoms with Gasteiger partial charge in [0.1, 0.15) is 0 Å². The number of rotatable bonds is 4. The van der Waals surface area contributed by atoms with Crippen LogP contribution in [-0.2, 0) is 19.6 Å². The summed E-state index contributed by atoms with van der Waals surface area (Å²) in [5, 5.41) is -0.634. The molecule has 6 heteroatoms. The number of methoxy groups -OCH3 is 1. The third kappa shape index (κ3) is 2.75. The van der Waals surface area contributed by atoms with Gasteiger partial charge >= 0.3 is 5.97 Å². The van der Waals surface area contributed by atoms with Gasteiger partial charge in [-0.3, -0.25) is 4.79 Å². The van der Waals surface area contributed by atoms with E-state index in [1.165, 1.54) is 7.11 Å². The number of nitrogens with one attached hydrogen (secondary N) is 1. The Morgan fingerprint density at radius 2 is 1.94 bits per heavy atom. The van der Waals surface area contributed by atoms with Gasteiger partial charge in [0.15, 0.2) is 0 Å². The Hall–Kier alpha value is -0.880. The highest BCUT2D eigenvalue weighted by molar-refractivity contribution is 7.90. The first-order valence-electron chi connectivity index (χ1n) is 6.28. The first kappa shape index (κ1) is 13.5. The SMILES string of the molecule is COC(=O)C1CCCC1S(=O)(=O)NC1CC=CC1. The van der Waals surface area contributed by atoms with Crippen molar-refractivity contribution in [1.29, 1.82) is 0 Å². The molecule has 2 atom stereocenters. The van der Waals surface area contributed by atoms with Gasteiger partial charge in [-0.15, -0.1) is 0 Å². The van der Waals surface area contributed by atoms with Crippen molar-refractivity contribution in [1.82, 2.24) is 4.72 Å². The lowest BCUT2D eigenvalue weighted by Gasteiger charge is -2.21. The summed E-state index contributed by atoms with van der Waals surface area (Å²) in [6.45, 7) is 0. The summed E-state index contributed by atoms with van der Waals surface area (Å²) >= 11 is 0. The lowest BCUT2D eigenvalue weighted by Crippen LogP contribution is -2.43. The first-order valence-corrected chi connectivity index (χ1v) is 7.83. The molecule has 0 aromatic rings. The van der Waals surface area contributed by atoms with Crippen molar-refractivity contribution in [3.63, 3.8) is 0 Å². The van der Waals surface area contributed by atoms with Gasteiger partial charge in [-0.1, -0.05) is 18.6 Å². The minimum absolute atomic E-state index is 0.0473.